The van der Waals surface area contributed by atoms with Gasteiger partial charge in [0.05, 0.1) is 5.52 Å². The zero-order valence-electron chi connectivity index (χ0n) is 19.5. The van der Waals surface area contributed by atoms with Gasteiger partial charge in [-0.2, -0.15) is 0 Å². The summed E-state index contributed by atoms with van der Waals surface area (Å²) in [5.74, 6) is -0.183. The molecule has 0 aliphatic carbocycles. The van der Waals surface area contributed by atoms with E-state index in [1.54, 1.807) is 13.2 Å². The molecule has 0 saturated carbocycles. The molecule has 0 bridgehead atoms. The number of unbranched alkanes of at least 4 members (excludes halogenated alkanes) is 1. The zero-order chi connectivity index (χ0) is 22.4. The van der Waals surface area contributed by atoms with Gasteiger partial charge in [0.1, 0.15) is 11.5 Å². The van der Waals surface area contributed by atoms with Gasteiger partial charge in [0.15, 0.2) is 0 Å². The molecule has 0 unspecified atom stereocenters. The van der Waals surface area contributed by atoms with Crippen LogP contribution in [-0.4, -0.2) is 54.3 Å². The molecular formula is C25H38FN3O2. The molecule has 3 rings (SSSR count). The number of halogens is 1. The monoisotopic (exact) mass is 431 g/mol. The van der Waals surface area contributed by atoms with Crippen molar-refractivity contribution >= 4 is 16.8 Å². The molecule has 1 aliphatic rings. The van der Waals surface area contributed by atoms with E-state index in [9.17, 15) is 9.18 Å². The summed E-state index contributed by atoms with van der Waals surface area (Å²) in [4.78, 5) is 16.2. The van der Waals surface area contributed by atoms with Gasteiger partial charge in [0.25, 0.3) is 5.91 Å². The lowest BCUT2D eigenvalue weighted by Gasteiger charge is -2.38. The van der Waals surface area contributed by atoms with E-state index in [1.165, 1.54) is 6.07 Å². The number of ether oxygens (including phenoxy) is 1. The maximum Gasteiger partial charge on any atom is 0.271 e. The highest BCUT2D eigenvalue weighted by Gasteiger charge is 2.32. The number of hydrogen-bond acceptors (Lipinski definition) is 3. The average Bonchev–Trinajstić information content (AvgIpc) is 3.04. The van der Waals surface area contributed by atoms with E-state index < -0.39 is 0 Å². The third-order valence-corrected chi connectivity index (χ3v) is 6.27. The topological polar surface area (TPSA) is 46.5 Å². The molecule has 2 heterocycles. The summed E-state index contributed by atoms with van der Waals surface area (Å²) in [6.45, 7) is 9.53. The van der Waals surface area contributed by atoms with Gasteiger partial charge in [0, 0.05) is 44.3 Å². The van der Waals surface area contributed by atoms with E-state index in [0.29, 0.717) is 13.2 Å². The van der Waals surface area contributed by atoms with Gasteiger partial charge in [-0.1, -0.05) is 13.3 Å². The molecule has 0 spiro atoms. The summed E-state index contributed by atoms with van der Waals surface area (Å²) in [6, 6.07) is 5.23. The Morgan fingerprint density at radius 2 is 2.16 bits per heavy atom. The van der Waals surface area contributed by atoms with Crippen molar-refractivity contribution in [1.82, 2.24) is 14.8 Å². The minimum Gasteiger partial charge on any atom is -0.385 e. The van der Waals surface area contributed by atoms with E-state index in [-0.39, 0.29) is 23.8 Å². The highest BCUT2D eigenvalue weighted by atomic mass is 19.1. The van der Waals surface area contributed by atoms with Crippen molar-refractivity contribution < 1.29 is 13.9 Å². The van der Waals surface area contributed by atoms with Crippen LogP contribution < -0.4 is 5.32 Å². The minimum atomic E-state index is -0.262. The van der Waals surface area contributed by atoms with E-state index in [4.69, 9.17) is 4.74 Å². The molecule has 1 amide bonds. The first kappa shape index (κ1) is 23.7. The first-order valence-electron chi connectivity index (χ1n) is 11.8. The summed E-state index contributed by atoms with van der Waals surface area (Å²) in [6.07, 6.45) is 5.63. The van der Waals surface area contributed by atoms with Gasteiger partial charge in [-0.3, -0.25) is 4.79 Å². The van der Waals surface area contributed by atoms with Gasteiger partial charge >= 0.3 is 0 Å². The fourth-order valence-corrected chi connectivity index (χ4v) is 4.91. The fraction of sp³-hybridized carbons (Fsp3) is 0.640. The second-order valence-electron chi connectivity index (χ2n) is 8.90. The van der Waals surface area contributed by atoms with E-state index in [0.717, 1.165) is 73.8 Å². The SMILES string of the molecule is CCCc1c(C(=O)N(C(C)C)[C@@H]2CCCNC2)n(CCCCOC)c2cc(F)ccc12. The van der Waals surface area contributed by atoms with Gasteiger partial charge < -0.3 is 19.5 Å². The number of fused-ring (bicyclic) bond motifs is 1. The van der Waals surface area contributed by atoms with Crippen molar-refractivity contribution in [2.75, 3.05) is 26.8 Å². The molecule has 1 aromatic carbocycles. The molecule has 31 heavy (non-hydrogen) atoms. The largest absolute Gasteiger partial charge is 0.385 e. The number of piperidine rings is 1. The van der Waals surface area contributed by atoms with Crippen molar-refractivity contribution in [2.45, 2.75) is 77.9 Å². The molecule has 1 N–H and O–H groups in total. The van der Waals surface area contributed by atoms with Crippen molar-refractivity contribution in [3.8, 4) is 0 Å². The number of nitrogens with one attached hydrogen (secondary N) is 1. The van der Waals surface area contributed by atoms with E-state index in [1.807, 2.05) is 6.07 Å². The fourth-order valence-electron chi connectivity index (χ4n) is 4.91. The number of aryl methyl sites for hydroxylation is 2. The van der Waals surface area contributed by atoms with Crippen LogP contribution in [0.5, 0.6) is 0 Å². The molecule has 1 aromatic heterocycles. The molecule has 5 nitrogen and oxygen atoms in total. The van der Waals surface area contributed by atoms with Gasteiger partial charge in [0.2, 0.25) is 0 Å². The average molecular weight is 432 g/mol. The number of rotatable bonds is 10. The Hall–Kier alpha value is -1.92. The molecule has 1 fully saturated rings. The summed E-state index contributed by atoms with van der Waals surface area (Å²) in [5, 5.41) is 4.45. The number of amides is 1. The quantitative estimate of drug-likeness (QED) is 0.552. The Bertz CT molecular complexity index is 871. The number of hydrogen-bond donors (Lipinski definition) is 1. The second kappa shape index (κ2) is 11.1. The lowest BCUT2D eigenvalue weighted by atomic mass is 10.0. The second-order valence-corrected chi connectivity index (χ2v) is 8.90. The Kier molecular flexibility index (Phi) is 8.50. The molecule has 6 heteroatoms. The van der Waals surface area contributed by atoms with Crippen LogP contribution in [0.25, 0.3) is 10.9 Å². The summed E-state index contributed by atoms with van der Waals surface area (Å²) in [5.41, 5.74) is 2.64. The van der Waals surface area contributed by atoms with Crippen LogP contribution in [-0.2, 0) is 17.7 Å². The summed E-state index contributed by atoms with van der Waals surface area (Å²) >= 11 is 0. The molecule has 1 atom stereocenters. The predicted octanol–water partition coefficient (Wildman–Crippen LogP) is 4.76. The first-order valence-corrected chi connectivity index (χ1v) is 11.8. The minimum absolute atomic E-state index is 0.0792. The molecule has 0 radical (unpaired) electrons. The third-order valence-electron chi connectivity index (χ3n) is 6.27. The number of aromatic nitrogens is 1. The van der Waals surface area contributed by atoms with Crippen LogP contribution in [0.15, 0.2) is 18.2 Å². The highest BCUT2D eigenvalue weighted by molar-refractivity contribution is 6.02. The van der Waals surface area contributed by atoms with Crippen LogP contribution in [0.2, 0.25) is 0 Å². The van der Waals surface area contributed by atoms with Gasteiger partial charge in [-0.25, -0.2) is 4.39 Å². The molecule has 1 aliphatic heterocycles. The summed E-state index contributed by atoms with van der Waals surface area (Å²) < 4.78 is 21.5. The molecule has 172 valence electrons. The Morgan fingerprint density at radius 1 is 1.35 bits per heavy atom. The normalized spacial score (nSPS) is 16.9. The maximum atomic E-state index is 14.2. The van der Waals surface area contributed by atoms with E-state index >= 15 is 0 Å². The number of carbonyl (C=O) groups is 1. The zero-order valence-corrected chi connectivity index (χ0v) is 19.5. The number of benzene rings is 1. The Labute approximate surface area is 185 Å². The van der Waals surface area contributed by atoms with Crippen LogP contribution in [0.3, 0.4) is 0 Å². The smallest absolute Gasteiger partial charge is 0.271 e. The van der Waals surface area contributed by atoms with Crippen LogP contribution >= 0.6 is 0 Å². The Balaban J connectivity index is 2.10. The number of methoxy groups -OCH3 is 1. The lowest BCUT2D eigenvalue weighted by Crippen LogP contribution is -2.52. The highest BCUT2D eigenvalue weighted by Crippen LogP contribution is 2.31. The van der Waals surface area contributed by atoms with E-state index in [2.05, 4.69) is 35.6 Å². The molecular weight excluding hydrogens is 393 g/mol. The van der Waals surface area contributed by atoms with Crippen molar-refractivity contribution in [1.29, 1.82) is 0 Å². The van der Waals surface area contributed by atoms with Gasteiger partial charge in [-0.15, -0.1) is 0 Å². The van der Waals surface area contributed by atoms with Crippen LogP contribution in [0, 0.1) is 5.82 Å². The number of nitrogens with zero attached hydrogens (tertiary/aromatic N) is 2. The van der Waals surface area contributed by atoms with Gasteiger partial charge in [-0.05, 0) is 76.3 Å². The first-order chi connectivity index (χ1) is 15.0. The van der Waals surface area contributed by atoms with Crippen molar-refractivity contribution in [2.24, 2.45) is 0 Å². The molecule has 1 saturated heterocycles. The third kappa shape index (κ3) is 5.29. The standard InChI is InChI=1S/C25H38FN3O2/c1-5-9-22-21-12-11-19(26)16-23(21)28(14-6-7-15-31-4)24(22)25(30)29(18(2)3)20-10-8-13-27-17-20/h11-12,16,18,20,27H,5-10,13-15,17H2,1-4H3/t20-/m1/s1. The Morgan fingerprint density at radius 3 is 2.81 bits per heavy atom. The molecule has 2 aromatic rings. The maximum absolute atomic E-state index is 14.2. The summed E-state index contributed by atoms with van der Waals surface area (Å²) in [7, 11) is 1.70. The van der Waals surface area contributed by atoms with Crippen LogP contribution in [0.4, 0.5) is 4.39 Å². The lowest BCUT2D eigenvalue weighted by molar-refractivity contribution is 0.0561. The van der Waals surface area contributed by atoms with Crippen molar-refractivity contribution in [3.05, 3.63) is 35.3 Å². The van der Waals surface area contributed by atoms with Crippen LogP contribution in [0.1, 0.15) is 68.9 Å². The van der Waals surface area contributed by atoms with Crippen molar-refractivity contribution in [3.63, 3.8) is 0 Å². The number of carbonyl (C=O) groups excluding carboxylic acids is 1. The predicted molar refractivity (Wildman–Crippen MR) is 124 cm³/mol.